The number of morpholine rings is 1. The quantitative estimate of drug-likeness (QED) is 0.340. The van der Waals surface area contributed by atoms with E-state index in [9.17, 15) is 14.4 Å². The lowest BCUT2D eigenvalue weighted by Gasteiger charge is -2.28. The molecule has 2 saturated heterocycles. The minimum atomic E-state index is -0.482. The molecule has 0 unspecified atom stereocenters. The highest BCUT2D eigenvalue weighted by Gasteiger charge is 2.37. The van der Waals surface area contributed by atoms with Crippen LogP contribution in [0.15, 0.2) is 60.0 Å². The molecule has 0 aromatic heterocycles. The van der Waals surface area contributed by atoms with Gasteiger partial charge in [-0.25, -0.2) is 0 Å². The Hall–Kier alpha value is -3.56. The van der Waals surface area contributed by atoms with Crippen LogP contribution in [0, 0.1) is 0 Å². The van der Waals surface area contributed by atoms with Crippen molar-refractivity contribution in [3.05, 3.63) is 76.7 Å². The molecule has 2 aliphatic heterocycles. The van der Waals surface area contributed by atoms with E-state index < -0.39 is 11.1 Å². The largest absolute Gasteiger partial charge is 0.490 e. The van der Waals surface area contributed by atoms with Crippen molar-refractivity contribution < 1.29 is 28.6 Å². The molecule has 194 valence electrons. The summed E-state index contributed by atoms with van der Waals surface area (Å²) in [5, 5.41) is -0.461. The van der Waals surface area contributed by atoms with Gasteiger partial charge in [0.15, 0.2) is 11.5 Å². The first-order valence-corrected chi connectivity index (χ1v) is 13.0. The van der Waals surface area contributed by atoms with E-state index in [-0.39, 0.29) is 17.4 Å². The summed E-state index contributed by atoms with van der Waals surface area (Å²) >= 11 is 0.826. The van der Waals surface area contributed by atoms with Gasteiger partial charge in [0.2, 0.25) is 5.91 Å². The fraction of sp³-hybridized carbons (Fsp3) is 0.321. The molecule has 37 heavy (non-hydrogen) atoms. The maximum atomic E-state index is 13.0. The van der Waals surface area contributed by atoms with Crippen molar-refractivity contribution in [2.45, 2.75) is 20.0 Å². The Bertz CT molecular complexity index is 1190. The van der Waals surface area contributed by atoms with Crippen LogP contribution in [0.1, 0.15) is 23.6 Å². The lowest BCUT2D eigenvalue weighted by molar-refractivity contribution is -0.139. The van der Waals surface area contributed by atoms with Crippen molar-refractivity contribution in [2.24, 2.45) is 0 Å². The van der Waals surface area contributed by atoms with Crippen molar-refractivity contribution in [1.29, 1.82) is 0 Å². The van der Waals surface area contributed by atoms with Crippen molar-refractivity contribution in [1.82, 2.24) is 9.80 Å². The molecule has 0 bridgehead atoms. The first kappa shape index (κ1) is 26.5. The van der Waals surface area contributed by atoms with Crippen LogP contribution in [0.3, 0.4) is 0 Å². The van der Waals surface area contributed by atoms with E-state index in [0.717, 1.165) is 27.8 Å². The number of ether oxygens (including phenoxy) is 3. The van der Waals surface area contributed by atoms with Gasteiger partial charge >= 0.3 is 0 Å². The fourth-order valence-electron chi connectivity index (χ4n) is 4.07. The van der Waals surface area contributed by atoms with E-state index in [1.54, 1.807) is 23.1 Å². The topological polar surface area (TPSA) is 85.4 Å². The number of carbonyl (C=O) groups excluding carboxylic acids is 3. The normalized spacial score (nSPS) is 16.8. The van der Waals surface area contributed by atoms with Gasteiger partial charge in [-0.15, -0.1) is 6.58 Å². The smallest absolute Gasteiger partial charge is 0.294 e. The number of carbonyl (C=O) groups is 3. The van der Waals surface area contributed by atoms with Gasteiger partial charge in [-0.2, -0.15) is 0 Å². The van der Waals surface area contributed by atoms with E-state index in [1.165, 1.54) is 0 Å². The number of thioether (sulfide) groups is 1. The monoisotopic (exact) mass is 522 g/mol. The summed E-state index contributed by atoms with van der Waals surface area (Å²) < 4.78 is 17.3. The highest BCUT2D eigenvalue weighted by Crippen LogP contribution is 2.37. The molecular weight excluding hydrogens is 492 g/mol. The molecule has 0 saturated carbocycles. The van der Waals surface area contributed by atoms with Crippen LogP contribution in [0.4, 0.5) is 4.79 Å². The molecular formula is C28H30N2O6S. The first-order chi connectivity index (χ1) is 18.0. The minimum absolute atomic E-state index is 0.254. The van der Waals surface area contributed by atoms with E-state index in [2.05, 4.69) is 6.58 Å². The molecule has 3 amide bonds. The molecule has 2 aromatic carbocycles. The number of amides is 3. The average Bonchev–Trinajstić information content (AvgIpc) is 3.17. The Morgan fingerprint density at radius 2 is 1.89 bits per heavy atom. The number of hydrogen-bond acceptors (Lipinski definition) is 7. The third-order valence-electron chi connectivity index (χ3n) is 5.87. The maximum Gasteiger partial charge on any atom is 0.294 e. The van der Waals surface area contributed by atoms with Crippen molar-refractivity contribution in [3.63, 3.8) is 0 Å². The minimum Gasteiger partial charge on any atom is -0.490 e. The summed E-state index contributed by atoms with van der Waals surface area (Å²) in [5.41, 5.74) is 2.57. The van der Waals surface area contributed by atoms with Crippen molar-refractivity contribution in [2.75, 3.05) is 39.5 Å². The molecule has 0 radical (unpaired) electrons. The number of benzene rings is 2. The summed E-state index contributed by atoms with van der Waals surface area (Å²) in [4.78, 5) is 41.1. The Labute approximate surface area is 220 Å². The van der Waals surface area contributed by atoms with Gasteiger partial charge in [0.25, 0.3) is 11.1 Å². The maximum absolute atomic E-state index is 13.0. The zero-order chi connectivity index (χ0) is 26.2. The summed E-state index contributed by atoms with van der Waals surface area (Å²) in [6, 6.07) is 13.5. The molecule has 0 aliphatic carbocycles. The van der Waals surface area contributed by atoms with E-state index in [4.69, 9.17) is 14.2 Å². The van der Waals surface area contributed by atoms with Crippen LogP contribution in [-0.2, 0) is 27.4 Å². The summed E-state index contributed by atoms with van der Waals surface area (Å²) in [7, 11) is 0. The molecule has 0 spiro atoms. The van der Waals surface area contributed by atoms with Gasteiger partial charge in [0, 0.05) is 18.7 Å². The summed E-state index contributed by atoms with van der Waals surface area (Å²) in [6.45, 7) is 8.08. The van der Waals surface area contributed by atoms with Gasteiger partial charge < -0.3 is 19.1 Å². The van der Waals surface area contributed by atoms with Crippen LogP contribution >= 0.6 is 11.8 Å². The Kier molecular flexibility index (Phi) is 9.03. The number of rotatable bonds is 10. The molecule has 2 aromatic rings. The van der Waals surface area contributed by atoms with E-state index >= 15 is 0 Å². The second kappa shape index (κ2) is 12.6. The fourth-order valence-corrected chi connectivity index (χ4v) is 4.90. The number of nitrogens with zero attached hydrogens (tertiary/aromatic N) is 2. The van der Waals surface area contributed by atoms with Gasteiger partial charge in [-0.05, 0) is 54.4 Å². The van der Waals surface area contributed by atoms with E-state index in [1.807, 2.05) is 43.3 Å². The standard InChI is InChI=1S/C28H30N2O6S/c1-3-8-22-15-21(16-23(35-4-2)26(22)36-19-20-9-6-5-7-10-20)17-24-27(32)30(28(33)37-24)18-25(31)29-11-13-34-14-12-29/h3,5-7,9-10,15-17H,1,4,8,11-14,18-19H2,2H3/b24-17-. The summed E-state index contributed by atoms with van der Waals surface area (Å²) in [6.07, 6.45) is 3.96. The van der Waals surface area contributed by atoms with Crippen molar-refractivity contribution >= 4 is 34.9 Å². The Morgan fingerprint density at radius 1 is 1.14 bits per heavy atom. The highest BCUT2D eigenvalue weighted by molar-refractivity contribution is 8.18. The van der Waals surface area contributed by atoms with Crippen LogP contribution < -0.4 is 9.47 Å². The molecule has 8 nitrogen and oxygen atoms in total. The van der Waals surface area contributed by atoms with Gasteiger partial charge in [-0.3, -0.25) is 19.3 Å². The lowest BCUT2D eigenvalue weighted by Crippen LogP contribution is -2.46. The third-order valence-corrected chi connectivity index (χ3v) is 6.78. The summed E-state index contributed by atoms with van der Waals surface area (Å²) in [5.74, 6) is 0.417. The zero-order valence-electron chi connectivity index (χ0n) is 20.8. The molecule has 9 heteroatoms. The second-order valence-corrected chi connectivity index (χ2v) is 9.46. The predicted molar refractivity (Wildman–Crippen MR) is 142 cm³/mol. The number of imide groups is 1. The molecule has 4 rings (SSSR count). The second-order valence-electron chi connectivity index (χ2n) is 8.47. The van der Waals surface area contributed by atoms with Crippen molar-refractivity contribution in [3.8, 4) is 11.5 Å². The Morgan fingerprint density at radius 3 is 2.59 bits per heavy atom. The number of allylic oxidation sites excluding steroid dienone is 1. The lowest BCUT2D eigenvalue weighted by atomic mass is 10.0. The number of hydrogen-bond donors (Lipinski definition) is 0. The van der Waals surface area contributed by atoms with Gasteiger partial charge in [0.1, 0.15) is 13.2 Å². The van der Waals surface area contributed by atoms with Crippen LogP contribution in [0.2, 0.25) is 0 Å². The molecule has 0 atom stereocenters. The molecule has 2 aliphatic rings. The average molecular weight is 523 g/mol. The van der Waals surface area contributed by atoms with Gasteiger partial charge in [-0.1, -0.05) is 36.4 Å². The van der Waals surface area contributed by atoms with Crippen LogP contribution in [0.5, 0.6) is 11.5 Å². The molecule has 0 N–H and O–H groups in total. The van der Waals surface area contributed by atoms with Crippen LogP contribution in [-0.4, -0.2) is 66.3 Å². The van der Waals surface area contributed by atoms with E-state index in [0.29, 0.717) is 63.0 Å². The Balaban J connectivity index is 1.56. The zero-order valence-corrected chi connectivity index (χ0v) is 21.6. The third kappa shape index (κ3) is 6.61. The first-order valence-electron chi connectivity index (χ1n) is 12.2. The highest BCUT2D eigenvalue weighted by atomic mass is 32.2. The predicted octanol–water partition coefficient (Wildman–Crippen LogP) is 4.29. The molecule has 2 fully saturated rings. The van der Waals surface area contributed by atoms with Gasteiger partial charge in [0.05, 0.1) is 24.7 Å². The van der Waals surface area contributed by atoms with Crippen LogP contribution in [0.25, 0.3) is 6.08 Å². The SMILES string of the molecule is C=CCc1cc(/C=C2\SC(=O)N(CC(=O)N3CCOCC3)C2=O)cc(OCC)c1OCc1ccccc1. The molecule has 2 heterocycles.